The van der Waals surface area contributed by atoms with Gasteiger partial charge in [-0.05, 0) is 48.7 Å². The van der Waals surface area contributed by atoms with Gasteiger partial charge in [-0.1, -0.05) is 19.9 Å². The van der Waals surface area contributed by atoms with Crippen LogP contribution in [0.2, 0.25) is 0 Å². The number of hydrogen-bond donors (Lipinski definition) is 1. The minimum Gasteiger partial charge on any atom is -0.339 e. The Morgan fingerprint density at radius 1 is 1.08 bits per heavy atom. The molecule has 0 fully saturated rings. The molecule has 0 unspecified atom stereocenters. The van der Waals surface area contributed by atoms with Gasteiger partial charge in [-0.25, -0.2) is 13.1 Å². The fraction of sp³-hybridized carbons (Fsp3) is 0.368. The highest BCUT2D eigenvalue weighted by Gasteiger charge is 2.17. The molecule has 0 saturated heterocycles. The molecule has 140 valence electrons. The number of amides is 1. The van der Waals surface area contributed by atoms with Gasteiger partial charge >= 0.3 is 0 Å². The van der Waals surface area contributed by atoms with E-state index in [4.69, 9.17) is 0 Å². The van der Waals surface area contributed by atoms with Crippen LogP contribution in [-0.4, -0.2) is 37.3 Å². The van der Waals surface area contributed by atoms with Crippen molar-refractivity contribution in [2.75, 3.05) is 13.1 Å². The van der Waals surface area contributed by atoms with Gasteiger partial charge in [-0.2, -0.15) is 0 Å². The van der Waals surface area contributed by atoms with Gasteiger partial charge < -0.3 is 4.90 Å². The van der Waals surface area contributed by atoms with E-state index in [1.807, 2.05) is 13.8 Å². The smallest absolute Gasteiger partial charge is 0.253 e. The molecule has 0 aliphatic rings. The molecule has 1 aromatic heterocycles. The van der Waals surface area contributed by atoms with Crippen LogP contribution in [0.1, 0.15) is 42.6 Å². The fourth-order valence-electron chi connectivity index (χ4n) is 2.58. The molecule has 2 aromatic rings. The first-order chi connectivity index (χ1) is 12.5. The van der Waals surface area contributed by atoms with Crippen molar-refractivity contribution in [3.8, 4) is 0 Å². The highest BCUT2D eigenvalue weighted by Crippen LogP contribution is 2.13. The second-order valence-electron chi connectivity index (χ2n) is 6.00. The van der Waals surface area contributed by atoms with Crippen molar-refractivity contribution < 1.29 is 13.2 Å². The molecule has 2 rings (SSSR count). The first kappa shape index (κ1) is 20.1. The van der Waals surface area contributed by atoms with Crippen LogP contribution in [0.25, 0.3) is 0 Å². The number of carbonyl (C=O) groups excluding carboxylic acids is 1. The van der Waals surface area contributed by atoms with Crippen LogP contribution < -0.4 is 4.72 Å². The number of rotatable bonds is 9. The summed E-state index contributed by atoms with van der Waals surface area (Å²) in [7, 11) is -3.64. The average molecular weight is 375 g/mol. The highest BCUT2D eigenvalue weighted by molar-refractivity contribution is 7.89. The van der Waals surface area contributed by atoms with Crippen molar-refractivity contribution >= 4 is 15.9 Å². The number of pyridine rings is 1. The monoisotopic (exact) mass is 375 g/mol. The third kappa shape index (κ3) is 5.37. The Kier molecular flexibility index (Phi) is 7.29. The predicted octanol–water partition coefficient (Wildman–Crippen LogP) is 2.82. The molecule has 0 radical (unpaired) electrons. The Morgan fingerprint density at radius 2 is 1.73 bits per heavy atom. The van der Waals surface area contributed by atoms with E-state index in [0.717, 1.165) is 18.4 Å². The molecule has 1 N–H and O–H groups in total. The second-order valence-corrected chi connectivity index (χ2v) is 7.77. The van der Waals surface area contributed by atoms with Crippen molar-refractivity contribution in [1.29, 1.82) is 0 Å². The fourth-order valence-corrected chi connectivity index (χ4v) is 3.60. The topological polar surface area (TPSA) is 79.4 Å². The Bertz CT molecular complexity index is 800. The maximum Gasteiger partial charge on any atom is 0.253 e. The first-order valence-electron chi connectivity index (χ1n) is 8.75. The highest BCUT2D eigenvalue weighted by atomic mass is 32.2. The zero-order valence-corrected chi connectivity index (χ0v) is 16.0. The molecule has 7 heteroatoms. The van der Waals surface area contributed by atoms with Gasteiger partial charge in [0.1, 0.15) is 0 Å². The summed E-state index contributed by atoms with van der Waals surface area (Å²) in [5, 5.41) is 0. The summed E-state index contributed by atoms with van der Waals surface area (Å²) in [4.78, 5) is 18.4. The lowest BCUT2D eigenvalue weighted by atomic mass is 10.2. The van der Waals surface area contributed by atoms with E-state index in [9.17, 15) is 13.2 Å². The van der Waals surface area contributed by atoms with Crippen LogP contribution in [0.3, 0.4) is 0 Å². The molecule has 1 heterocycles. The van der Waals surface area contributed by atoms with E-state index in [-0.39, 0.29) is 17.3 Å². The lowest BCUT2D eigenvalue weighted by Crippen LogP contribution is -2.32. The van der Waals surface area contributed by atoms with E-state index in [2.05, 4.69) is 9.71 Å². The van der Waals surface area contributed by atoms with E-state index in [0.29, 0.717) is 18.7 Å². The van der Waals surface area contributed by atoms with Crippen molar-refractivity contribution in [2.45, 2.75) is 38.1 Å². The van der Waals surface area contributed by atoms with Crippen LogP contribution >= 0.6 is 0 Å². The molecular weight excluding hydrogens is 350 g/mol. The van der Waals surface area contributed by atoms with E-state index in [1.165, 1.54) is 12.1 Å². The number of hydrogen-bond acceptors (Lipinski definition) is 4. The van der Waals surface area contributed by atoms with Crippen LogP contribution in [-0.2, 0) is 16.6 Å². The summed E-state index contributed by atoms with van der Waals surface area (Å²) < 4.78 is 27.3. The minimum atomic E-state index is -3.64. The Morgan fingerprint density at radius 3 is 2.27 bits per heavy atom. The maximum absolute atomic E-state index is 12.6. The van der Waals surface area contributed by atoms with Gasteiger partial charge in [-0.15, -0.1) is 0 Å². The van der Waals surface area contributed by atoms with Crippen molar-refractivity contribution in [2.24, 2.45) is 0 Å². The third-order valence-corrected chi connectivity index (χ3v) is 5.29. The second kappa shape index (κ2) is 9.45. The van der Waals surface area contributed by atoms with E-state index in [1.54, 1.807) is 41.6 Å². The summed E-state index contributed by atoms with van der Waals surface area (Å²) >= 11 is 0. The number of aromatic nitrogens is 1. The Balaban J connectivity index is 2.08. The van der Waals surface area contributed by atoms with Gasteiger partial charge in [0.25, 0.3) is 5.91 Å². The molecule has 6 nitrogen and oxygen atoms in total. The number of nitrogens with zero attached hydrogens (tertiary/aromatic N) is 2. The quantitative estimate of drug-likeness (QED) is 0.731. The van der Waals surface area contributed by atoms with Crippen molar-refractivity contribution in [3.05, 3.63) is 59.9 Å². The SMILES string of the molecule is CCCN(CCC)C(=O)c1ccc(S(=O)(=O)NCc2cccnc2)cc1. The van der Waals surface area contributed by atoms with Crippen LogP contribution in [0, 0.1) is 0 Å². The summed E-state index contributed by atoms with van der Waals surface area (Å²) in [6, 6.07) is 9.62. The normalized spacial score (nSPS) is 11.3. The van der Waals surface area contributed by atoms with E-state index >= 15 is 0 Å². The molecule has 26 heavy (non-hydrogen) atoms. The summed E-state index contributed by atoms with van der Waals surface area (Å²) in [5.74, 6) is -0.0685. The Hall–Kier alpha value is -2.25. The van der Waals surface area contributed by atoms with Gasteiger partial charge in [-0.3, -0.25) is 9.78 Å². The standard InChI is InChI=1S/C19H25N3O3S/c1-3-12-22(13-4-2)19(23)17-7-9-18(10-8-17)26(24,25)21-15-16-6-5-11-20-14-16/h5-11,14,21H,3-4,12-13,15H2,1-2H3. The Labute approximate surface area is 155 Å². The molecular formula is C19H25N3O3S. The summed E-state index contributed by atoms with van der Waals surface area (Å²) in [5.41, 5.74) is 1.27. The van der Waals surface area contributed by atoms with Crippen molar-refractivity contribution in [3.63, 3.8) is 0 Å². The molecule has 0 atom stereocenters. The number of carbonyl (C=O) groups is 1. The molecule has 0 aliphatic carbocycles. The zero-order valence-electron chi connectivity index (χ0n) is 15.2. The van der Waals surface area contributed by atoms with Gasteiger partial charge in [0, 0.05) is 37.6 Å². The minimum absolute atomic E-state index is 0.0685. The molecule has 0 bridgehead atoms. The molecule has 0 aliphatic heterocycles. The molecule has 0 saturated carbocycles. The molecule has 0 spiro atoms. The third-order valence-electron chi connectivity index (χ3n) is 3.87. The summed E-state index contributed by atoms with van der Waals surface area (Å²) in [6.45, 7) is 5.61. The lowest BCUT2D eigenvalue weighted by Gasteiger charge is -2.21. The van der Waals surface area contributed by atoms with Gasteiger partial charge in [0.15, 0.2) is 0 Å². The van der Waals surface area contributed by atoms with Gasteiger partial charge in [0.05, 0.1) is 4.90 Å². The number of sulfonamides is 1. The van der Waals surface area contributed by atoms with Crippen molar-refractivity contribution in [1.82, 2.24) is 14.6 Å². The van der Waals surface area contributed by atoms with E-state index < -0.39 is 10.0 Å². The molecule has 1 amide bonds. The van der Waals surface area contributed by atoms with Crippen LogP contribution in [0.15, 0.2) is 53.7 Å². The zero-order chi connectivity index (χ0) is 19.0. The predicted molar refractivity (Wildman–Crippen MR) is 101 cm³/mol. The largest absolute Gasteiger partial charge is 0.339 e. The number of benzene rings is 1. The van der Waals surface area contributed by atoms with Crippen LogP contribution in [0.4, 0.5) is 0 Å². The number of nitrogens with one attached hydrogen (secondary N) is 1. The maximum atomic E-state index is 12.6. The average Bonchev–Trinajstić information content (AvgIpc) is 2.67. The van der Waals surface area contributed by atoms with Crippen LogP contribution in [0.5, 0.6) is 0 Å². The lowest BCUT2D eigenvalue weighted by molar-refractivity contribution is 0.0755. The summed E-state index contributed by atoms with van der Waals surface area (Å²) in [6.07, 6.45) is 5.02. The molecule has 1 aromatic carbocycles. The van der Waals surface area contributed by atoms with Gasteiger partial charge in [0.2, 0.25) is 10.0 Å². The first-order valence-corrected chi connectivity index (χ1v) is 10.2.